The first kappa shape index (κ1) is 12.1. The summed E-state index contributed by atoms with van der Waals surface area (Å²) in [6.07, 6.45) is 0. The van der Waals surface area contributed by atoms with Crippen LogP contribution >= 0.6 is 11.8 Å². The summed E-state index contributed by atoms with van der Waals surface area (Å²) < 4.78 is 0. The quantitative estimate of drug-likeness (QED) is 0.821. The summed E-state index contributed by atoms with van der Waals surface area (Å²) in [5.74, 6) is 0. The summed E-state index contributed by atoms with van der Waals surface area (Å²) in [5.41, 5.74) is 3.22. The van der Waals surface area contributed by atoms with E-state index in [-0.39, 0.29) is 5.24 Å². The first-order valence-electron chi connectivity index (χ1n) is 5.04. The smallest absolute Gasteiger partial charge is 0.283 e. The Morgan fingerprint density at radius 1 is 1.33 bits per heavy atom. The Hall–Kier alpha value is -0.960. The first-order valence-corrected chi connectivity index (χ1v) is 5.92. The van der Waals surface area contributed by atoms with Crippen molar-refractivity contribution in [1.82, 2.24) is 0 Å². The molecular weight excluding hydrogens is 206 g/mol. The zero-order chi connectivity index (χ0) is 11.4. The van der Waals surface area contributed by atoms with Crippen LogP contribution in [0.1, 0.15) is 25.0 Å². The number of aryl methyl sites for hydroxylation is 2. The molecule has 1 N–H and O–H groups in total. The zero-order valence-electron chi connectivity index (χ0n) is 9.63. The minimum Gasteiger partial charge on any atom is -0.317 e. The fourth-order valence-corrected chi connectivity index (χ4v) is 1.90. The van der Waals surface area contributed by atoms with Gasteiger partial charge < -0.3 is 5.32 Å². The largest absolute Gasteiger partial charge is 0.317 e. The molecule has 0 saturated carbocycles. The third-order valence-electron chi connectivity index (χ3n) is 1.96. The van der Waals surface area contributed by atoms with Gasteiger partial charge >= 0.3 is 0 Å². The molecule has 0 bridgehead atoms. The molecule has 0 aliphatic rings. The molecule has 0 heterocycles. The van der Waals surface area contributed by atoms with Crippen molar-refractivity contribution in [2.75, 3.05) is 5.32 Å². The fourth-order valence-electron chi connectivity index (χ4n) is 1.31. The van der Waals surface area contributed by atoms with Crippen molar-refractivity contribution in [1.29, 1.82) is 0 Å². The van der Waals surface area contributed by atoms with Crippen molar-refractivity contribution < 1.29 is 4.79 Å². The molecule has 0 atom stereocenters. The number of benzene rings is 1. The van der Waals surface area contributed by atoms with Gasteiger partial charge in [0.1, 0.15) is 0 Å². The Morgan fingerprint density at radius 3 is 2.53 bits per heavy atom. The molecule has 1 rings (SSSR count). The molecular formula is C12H17NOS. The SMILES string of the molecule is Cc1ccc(NC(=O)SC(C)C)c(C)c1. The number of nitrogens with one attached hydrogen (secondary N) is 1. The monoisotopic (exact) mass is 223 g/mol. The van der Waals surface area contributed by atoms with Gasteiger partial charge in [0.25, 0.3) is 5.24 Å². The van der Waals surface area contributed by atoms with Gasteiger partial charge in [-0.2, -0.15) is 0 Å². The molecule has 0 aliphatic carbocycles. The maximum absolute atomic E-state index is 11.5. The lowest BCUT2D eigenvalue weighted by Crippen LogP contribution is -2.09. The van der Waals surface area contributed by atoms with Gasteiger partial charge in [-0.25, -0.2) is 0 Å². The zero-order valence-corrected chi connectivity index (χ0v) is 10.4. The molecule has 0 aliphatic heterocycles. The highest BCUT2D eigenvalue weighted by Gasteiger charge is 2.07. The average Bonchev–Trinajstić information content (AvgIpc) is 2.08. The van der Waals surface area contributed by atoms with E-state index < -0.39 is 0 Å². The summed E-state index contributed by atoms with van der Waals surface area (Å²) >= 11 is 1.31. The Labute approximate surface area is 95.5 Å². The van der Waals surface area contributed by atoms with Crippen molar-refractivity contribution in [3.63, 3.8) is 0 Å². The molecule has 1 aromatic rings. The van der Waals surface area contributed by atoms with E-state index in [1.165, 1.54) is 17.3 Å². The van der Waals surface area contributed by atoms with Gasteiger partial charge in [0.2, 0.25) is 0 Å². The van der Waals surface area contributed by atoms with Crippen molar-refractivity contribution >= 4 is 22.7 Å². The second-order valence-corrected chi connectivity index (χ2v) is 5.45. The second-order valence-electron chi connectivity index (χ2n) is 3.90. The van der Waals surface area contributed by atoms with Crippen LogP contribution in [-0.4, -0.2) is 10.5 Å². The van der Waals surface area contributed by atoms with Crippen LogP contribution in [0.4, 0.5) is 10.5 Å². The number of amides is 1. The Balaban J connectivity index is 2.68. The number of carbonyl (C=O) groups is 1. The minimum absolute atomic E-state index is 0.0111. The third kappa shape index (κ3) is 3.96. The van der Waals surface area contributed by atoms with Crippen LogP contribution in [0.25, 0.3) is 0 Å². The van der Waals surface area contributed by atoms with Gasteiger partial charge in [0.15, 0.2) is 0 Å². The highest BCUT2D eigenvalue weighted by Crippen LogP contribution is 2.19. The highest BCUT2D eigenvalue weighted by atomic mass is 32.2. The molecule has 1 aromatic carbocycles. The van der Waals surface area contributed by atoms with Gasteiger partial charge in [-0.05, 0) is 25.5 Å². The molecule has 0 saturated heterocycles. The lowest BCUT2D eigenvalue weighted by molar-refractivity contribution is 0.269. The van der Waals surface area contributed by atoms with Crippen LogP contribution in [0, 0.1) is 13.8 Å². The molecule has 82 valence electrons. The number of carbonyl (C=O) groups excluding carboxylic acids is 1. The van der Waals surface area contributed by atoms with E-state index in [0.29, 0.717) is 5.25 Å². The number of thioether (sulfide) groups is 1. The number of rotatable bonds is 2. The Kier molecular flexibility index (Phi) is 4.21. The molecule has 15 heavy (non-hydrogen) atoms. The summed E-state index contributed by atoms with van der Waals surface area (Å²) in [4.78, 5) is 11.5. The number of hydrogen-bond donors (Lipinski definition) is 1. The summed E-state index contributed by atoms with van der Waals surface area (Å²) in [6.45, 7) is 8.06. The number of anilines is 1. The lowest BCUT2D eigenvalue weighted by Gasteiger charge is -2.09. The molecule has 0 fully saturated rings. The molecule has 2 nitrogen and oxygen atoms in total. The van der Waals surface area contributed by atoms with Crippen LogP contribution in [0.2, 0.25) is 0 Å². The van der Waals surface area contributed by atoms with Crippen LogP contribution < -0.4 is 5.32 Å². The van der Waals surface area contributed by atoms with E-state index in [9.17, 15) is 4.79 Å². The predicted molar refractivity (Wildman–Crippen MR) is 67.7 cm³/mol. The van der Waals surface area contributed by atoms with Gasteiger partial charge in [-0.15, -0.1) is 0 Å². The molecule has 0 spiro atoms. The normalized spacial score (nSPS) is 10.5. The van der Waals surface area contributed by atoms with Crippen LogP contribution in [0.15, 0.2) is 18.2 Å². The standard InChI is InChI=1S/C12H17NOS/c1-8(2)15-12(14)13-11-6-5-9(3)7-10(11)4/h5-8H,1-4H3,(H,13,14). The van der Waals surface area contributed by atoms with Crippen molar-refractivity contribution in [3.05, 3.63) is 29.3 Å². The van der Waals surface area contributed by atoms with Crippen molar-refractivity contribution in [2.24, 2.45) is 0 Å². The Bertz CT molecular complexity index is 361. The molecule has 0 radical (unpaired) electrons. The van der Waals surface area contributed by atoms with E-state index in [1.807, 2.05) is 39.8 Å². The summed E-state index contributed by atoms with van der Waals surface area (Å²) in [6, 6.07) is 6.02. The molecule has 1 amide bonds. The fraction of sp³-hybridized carbons (Fsp3) is 0.417. The van der Waals surface area contributed by atoms with Gasteiger partial charge in [0.05, 0.1) is 0 Å². The van der Waals surface area contributed by atoms with E-state index in [4.69, 9.17) is 0 Å². The molecule has 3 heteroatoms. The van der Waals surface area contributed by atoms with E-state index in [2.05, 4.69) is 11.4 Å². The summed E-state index contributed by atoms with van der Waals surface area (Å²) in [5, 5.41) is 3.22. The molecule has 0 aromatic heterocycles. The van der Waals surface area contributed by atoms with Crippen molar-refractivity contribution in [2.45, 2.75) is 32.9 Å². The second kappa shape index (κ2) is 5.21. The lowest BCUT2D eigenvalue weighted by atomic mass is 10.1. The number of hydrogen-bond acceptors (Lipinski definition) is 2. The van der Waals surface area contributed by atoms with E-state index >= 15 is 0 Å². The predicted octanol–water partition coefficient (Wildman–Crippen LogP) is 3.98. The highest BCUT2D eigenvalue weighted by molar-refractivity contribution is 8.14. The minimum atomic E-state index is 0.0111. The van der Waals surface area contributed by atoms with E-state index in [1.54, 1.807) is 0 Å². The first-order chi connectivity index (χ1) is 6.99. The van der Waals surface area contributed by atoms with Crippen LogP contribution in [-0.2, 0) is 0 Å². The van der Waals surface area contributed by atoms with Crippen LogP contribution in [0.3, 0.4) is 0 Å². The maximum atomic E-state index is 11.5. The van der Waals surface area contributed by atoms with E-state index in [0.717, 1.165) is 11.3 Å². The topological polar surface area (TPSA) is 29.1 Å². The van der Waals surface area contributed by atoms with Gasteiger partial charge in [-0.1, -0.05) is 43.3 Å². The van der Waals surface area contributed by atoms with Gasteiger partial charge in [-0.3, -0.25) is 4.79 Å². The van der Waals surface area contributed by atoms with Crippen LogP contribution in [0.5, 0.6) is 0 Å². The summed E-state index contributed by atoms with van der Waals surface area (Å²) in [7, 11) is 0. The molecule has 0 unspecified atom stereocenters. The third-order valence-corrected chi connectivity index (χ3v) is 2.75. The average molecular weight is 223 g/mol. The van der Waals surface area contributed by atoms with Crippen molar-refractivity contribution in [3.8, 4) is 0 Å². The Morgan fingerprint density at radius 2 is 2.00 bits per heavy atom. The van der Waals surface area contributed by atoms with Gasteiger partial charge in [0, 0.05) is 10.9 Å². The maximum Gasteiger partial charge on any atom is 0.283 e.